The van der Waals surface area contributed by atoms with Gasteiger partial charge in [0.2, 0.25) is 5.88 Å². The van der Waals surface area contributed by atoms with Gasteiger partial charge in [0.05, 0.1) is 5.92 Å². The molecule has 1 aliphatic heterocycles. The van der Waals surface area contributed by atoms with Gasteiger partial charge in [-0.05, 0) is 47.4 Å². The lowest BCUT2D eigenvalue weighted by Crippen LogP contribution is -2.21. The molecule has 0 saturated heterocycles. The number of halogens is 1. The number of rotatable bonds is 6. The van der Waals surface area contributed by atoms with E-state index < -0.39 is 11.9 Å². The van der Waals surface area contributed by atoms with Crippen molar-refractivity contribution in [1.29, 1.82) is 5.26 Å². The van der Waals surface area contributed by atoms with Gasteiger partial charge >= 0.3 is 5.97 Å². The zero-order valence-electron chi connectivity index (χ0n) is 18.7. The van der Waals surface area contributed by atoms with Crippen LogP contribution in [0.1, 0.15) is 42.4 Å². The number of nitriles is 1. The van der Waals surface area contributed by atoms with Crippen molar-refractivity contribution in [2.24, 2.45) is 5.73 Å². The summed E-state index contributed by atoms with van der Waals surface area (Å²) in [6, 6.07) is 20.3. The van der Waals surface area contributed by atoms with Crippen molar-refractivity contribution in [2.75, 3.05) is 6.61 Å². The smallest absolute Gasteiger partial charge is 0.349 e. The molecule has 34 heavy (non-hydrogen) atoms. The Bertz CT molecular complexity index is 1280. The van der Waals surface area contributed by atoms with E-state index in [2.05, 4.69) is 19.9 Å². The van der Waals surface area contributed by atoms with Crippen molar-refractivity contribution >= 4 is 5.97 Å². The lowest BCUT2D eigenvalue weighted by molar-refractivity contribution is -0.136. The van der Waals surface area contributed by atoms with Gasteiger partial charge in [-0.1, -0.05) is 44.2 Å². The van der Waals surface area contributed by atoms with Crippen molar-refractivity contribution in [2.45, 2.75) is 25.7 Å². The van der Waals surface area contributed by atoms with E-state index in [1.807, 2.05) is 24.3 Å². The molecule has 0 spiro atoms. The van der Waals surface area contributed by atoms with Crippen LogP contribution in [-0.2, 0) is 4.79 Å². The van der Waals surface area contributed by atoms with Crippen molar-refractivity contribution in [3.05, 3.63) is 101 Å². The number of fused-ring (bicyclic) bond motifs is 1. The second-order valence-corrected chi connectivity index (χ2v) is 8.16. The molecule has 1 heterocycles. The number of benzene rings is 3. The third-order valence-corrected chi connectivity index (χ3v) is 5.53. The van der Waals surface area contributed by atoms with E-state index in [0.717, 1.165) is 0 Å². The number of esters is 1. The normalized spacial score (nSPS) is 14.7. The zero-order chi connectivity index (χ0) is 24.2. The molecule has 3 aromatic carbocycles. The molecule has 1 aliphatic rings. The van der Waals surface area contributed by atoms with Gasteiger partial charge in [-0.25, -0.2) is 9.18 Å². The summed E-state index contributed by atoms with van der Waals surface area (Å²) in [6.45, 7) is 3.93. The summed E-state index contributed by atoms with van der Waals surface area (Å²) in [5, 5.41) is 9.62. The molecule has 1 unspecified atom stereocenters. The summed E-state index contributed by atoms with van der Waals surface area (Å²) in [6.07, 6.45) is 0. The van der Waals surface area contributed by atoms with Crippen molar-refractivity contribution in [3.63, 3.8) is 0 Å². The summed E-state index contributed by atoms with van der Waals surface area (Å²) >= 11 is 0. The van der Waals surface area contributed by atoms with E-state index in [4.69, 9.17) is 19.9 Å². The molecule has 6 nitrogen and oxygen atoms in total. The molecular weight excluding hydrogens is 435 g/mol. The lowest BCUT2D eigenvalue weighted by atomic mass is 9.83. The van der Waals surface area contributed by atoms with Gasteiger partial charge in [-0.3, -0.25) is 0 Å². The minimum absolute atomic E-state index is 0.0546. The third-order valence-electron chi connectivity index (χ3n) is 5.53. The molecule has 0 aliphatic carbocycles. The average Bonchev–Trinajstić information content (AvgIpc) is 2.82. The van der Waals surface area contributed by atoms with Crippen LogP contribution in [0.25, 0.3) is 0 Å². The maximum absolute atomic E-state index is 13.4. The SMILES string of the molecule is CC(C)c1ccc(OCC(=O)Oc2ccc3c(c2)OC(N)=C(C#N)C3c2ccc(F)cc2)cc1. The number of nitrogens with two attached hydrogens (primary N) is 1. The van der Waals surface area contributed by atoms with Crippen LogP contribution in [0.5, 0.6) is 17.2 Å². The van der Waals surface area contributed by atoms with Gasteiger partial charge in [0.1, 0.15) is 34.7 Å². The monoisotopic (exact) mass is 458 g/mol. The molecule has 0 aromatic heterocycles. The maximum Gasteiger partial charge on any atom is 0.349 e. The van der Waals surface area contributed by atoms with Gasteiger partial charge in [-0.15, -0.1) is 0 Å². The van der Waals surface area contributed by atoms with E-state index in [1.54, 1.807) is 24.3 Å². The first-order valence-corrected chi connectivity index (χ1v) is 10.8. The van der Waals surface area contributed by atoms with Crippen molar-refractivity contribution in [3.8, 4) is 23.3 Å². The highest BCUT2D eigenvalue weighted by atomic mass is 19.1. The zero-order valence-corrected chi connectivity index (χ0v) is 18.7. The fraction of sp³-hybridized carbons (Fsp3) is 0.185. The van der Waals surface area contributed by atoms with Gasteiger partial charge in [0.15, 0.2) is 6.61 Å². The average molecular weight is 458 g/mol. The van der Waals surface area contributed by atoms with Crippen molar-refractivity contribution < 1.29 is 23.4 Å². The Kier molecular flexibility index (Phi) is 6.51. The predicted octanol–water partition coefficient (Wildman–Crippen LogP) is 5.15. The Morgan fingerprint density at radius 3 is 2.41 bits per heavy atom. The molecular formula is C27H23FN2O4. The van der Waals surface area contributed by atoms with Crippen LogP contribution >= 0.6 is 0 Å². The topological polar surface area (TPSA) is 94.6 Å². The Labute approximate surface area is 197 Å². The molecule has 0 fully saturated rings. The summed E-state index contributed by atoms with van der Waals surface area (Å²) in [5.41, 5.74) is 8.73. The highest BCUT2D eigenvalue weighted by Crippen LogP contribution is 2.43. The van der Waals surface area contributed by atoms with E-state index >= 15 is 0 Å². The molecule has 2 N–H and O–H groups in total. The first-order chi connectivity index (χ1) is 16.4. The molecule has 0 bridgehead atoms. The standard InChI is InChI=1S/C27H23FN2O4/c1-16(2)17-5-9-20(10-6-17)32-15-25(31)33-21-11-12-22-24(13-21)34-27(30)23(14-29)26(22)18-3-7-19(28)8-4-18/h3-13,16,26H,15,30H2,1-2H3. The van der Waals surface area contributed by atoms with Crippen LogP contribution in [0.4, 0.5) is 4.39 Å². The van der Waals surface area contributed by atoms with E-state index in [0.29, 0.717) is 28.5 Å². The van der Waals surface area contributed by atoms with Gasteiger partial charge in [0.25, 0.3) is 0 Å². The summed E-state index contributed by atoms with van der Waals surface area (Å²) in [7, 11) is 0. The second kappa shape index (κ2) is 9.67. The summed E-state index contributed by atoms with van der Waals surface area (Å²) < 4.78 is 30.0. The minimum Gasteiger partial charge on any atom is -0.482 e. The van der Waals surface area contributed by atoms with Crippen LogP contribution in [0.15, 0.2) is 78.2 Å². The molecule has 4 rings (SSSR count). The first kappa shape index (κ1) is 22.9. The Morgan fingerprint density at radius 2 is 1.76 bits per heavy atom. The first-order valence-electron chi connectivity index (χ1n) is 10.8. The van der Waals surface area contributed by atoms with E-state index in [1.165, 1.54) is 23.8 Å². The summed E-state index contributed by atoms with van der Waals surface area (Å²) in [5.74, 6) is 0.0131. The molecule has 172 valence electrons. The van der Waals surface area contributed by atoms with Crippen molar-refractivity contribution in [1.82, 2.24) is 0 Å². The number of carbonyl (C=O) groups is 1. The summed E-state index contributed by atoms with van der Waals surface area (Å²) in [4.78, 5) is 12.3. The number of hydrogen-bond donors (Lipinski definition) is 1. The quantitative estimate of drug-likeness (QED) is 0.405. The number of hydrogen-bond acceptors (Lipinski definition) is 6. The predicted molar refractivity (Wildman–Crippen MR) is 124 cm³/mol. The largest absolute Gasteiger partial charge is 0.482 e. The minimum atomic E-state index is -0.583. The molecule has 1 atom stereocenters. The molecule has 3 aromatic rings. The lowest BCUT2D eigenvalue weighted by Gasteiger charge is -2.26. The van der Waals surface area contributed by atoms with Crippen LogP contribution in [-0.4, -0.2) is 12.6 Å². The number of carbonyl (C=O) groups excluding carboxylic acids is 1. The third kappa shape index (κ3) is 4.86. The van der Waals surface area contributed by atoms with Crippen LogP contribution in [0, 0.1) is 17.1 Å². The number of ether oxygens (including phenoxy) is 3. The Hall–Kier alpha value is -4.31. The van der Waals surface area contributed by atoms with E-state index in [9.17, 15) is 14.4 Å². The van der Waals surface area contributed by atoms with Crippen LogP contribution in [0.2, 0.25) is 0 Å². The molecule has 0 amide bonds. The number of allylic oxidation sites excluding steroid dienone is 1. The molecule has 7 heteroatoms. The van der Waals surface area contributed by atoms with Gasteiger partial charge in [-0.2, -0.15) is 5.26 Å². The highest BCUT2D eigenvalue weighted by molar-refractivity contribution is 5.74. The molecule has 0 saturated carbocycles. The van der Waals surface area contributed by atoms with Crippen LogP contribution < -0.4 is 19.9 Å². The van der Waals surface area contributed by atoms with Gasteiger partial charge < -0.3 is 19.9 Å². The van der Waals surface area contributed by atoms with Crippen LogP contribution in [0.3, 0.4) is 0 Å². The van der Waals surface area contributed by atoms with E-state index in [-0.39, 0.29) is 29.6 Å². The maximum atomic E-state index is 13.4. The number of nitrogens with zero attached hydrogens (tertiary/aromatic N) is 1. The second-order valence-electron chi connectivity index (χ2n) is 8.16. The molecule has 0 radical (unpaired) electrons. The Morgan fingerprint density at radius 1 is 1.09 bits per heavy atom. The highest BCUT2D eigenvalue weighted by Gasteiger charge is 2.31. The Balaban J connectivity index is 1.49. The fourth-order valence-corrected chi connectivity index (χ4v) is 3.75. The fourth-order valence-electron chi connectivity index (χ4n) is 3.75. The van der Waals surface area contributed by atoms with Gasteiger partial charge in [0, 0.05) is 11.6 Å².